The Hall–Kier alpha value is -3.52. The minimum atomic E-state index is -0.544. The molecule has 0 saturated heterocycles. The maximum atomic E-state index is 13.4. The Balaban J connectivity index is 1.27. The van der Waals surface area contributed by atoms with E-state index in [4.69, 9.17) is 0 Å². The van der Waals surface area contributed by atoms with Crippen LogP contribution in [0.1, 0.15) is 55.9 Å². The number of nitrogens with zero attached hydrogens (tertiary/aromatic N) is 3. The molecule has 2 aromatic carbocycles. The number of benzene rings is 2. The molecule has 3 aliphatic rings. The highest BCUT2D eigenvalue weighted by Crippen LogP contribution is 2.45. The number of rotatable bonds is 4. The zero-order valence-corrected chi connectivity index (χ0v) is 18.0. The predicted molar refractivity (Wildman–Crippen MR) is 121 cm³/mol. The Bertz CT molecular complexity index is 1260. The number of fused-ring (bicyclic) bond motifs is 6. The molecule has 1 aromatic heterocycles. The van der Waals surface area contributed by atoms with E-state index in [2.05, 4.69) is 10.3 Å². The number of hydrogen-bond donors (Lipinski definition) is 1. The van der Waals surface area contributed by atoms with Crippen molar-refractivity contribution < 1.29 is 14.4 Å². The van der Waals surface area contributed by atoms with Crippen LogP contribution in [0.2, 0.25) is 0 Å². The number of para-hydroxylation sites is 1. The van der Waals surface area contributed by atoms with Crippen LogP contribution in [0.25, 0.3) is 0 Å². The molecule has 2 aliphatic heterocycles. The second kappa shape index (κ2) is 7.27. The number of hydrogen-bond acceptors (Lipinski definition) is 5. The van der Waals surface area contributed by atoms with Gasteiger partial charge in [-0.25, -0.2) is 4.98 Å². The van der Waals surface area contributed by atoms with Crippen molar-refractivity contribution in [1.29, 1.82) is 0 Å². The normalized spacial score (nSPS) is 18.3. The maximum Gasteiger partial charge on any atom is 0.260 e. The SMILES string of the molecule is O=C(CCN1C(=O)c2ccccc2N2C(=O)c3ccccc3[C@@H]12)Nc1nc2c(s1)CCC2. The summed E-state index contributed by atoms with van der Waals surface area (Å²) in [5.74, 6) is -0.488. The highest BCUT2D eigenvalue weighted by molar-refractivity contribution is 7.15. The van der Waals surface area contributed by atoms with Gasteiger partial charge in [-0.3, -0.25) is 19.3 Å². The number of thiazole rings is 1. The zero-order valence-electron chi connectivity index (χ0n) is 17.2. The lowest BCUT2D eigenvalue weighted by molar-refractivity contribution is -0.116. The third-order valence-electron chi connectivity index (χ3n) is 6.30. The minimum Gasteiger partial charge on any atom is -0.313 e. The lowest BCUT2D eigenvalue weighted by Crippen LogP contribution is -2.48. The first-order valence-corrected chi connectivity index (χ1v) is 11.5. The molecule has 1 aliphatic carbocycles. The third-order valence-corrected chi connectivity index (χ3v) is 7.38. The van der Waals surface area contributed by atoms with Crippen molar-refractivity contribution in [3.05, 3.63) is 75.8 Å². The van der Waals surface area contributed by atoms with Gasteiger partial charge in [0.2, 0.25) is 5.91 Å². The fraction of sp³-hybridized carbons (Fsp3) is 0.250. The molecule has 1 atom stereocenters. The summed E-state index contributed by atoms with van der Waals surface area (Å²) in [6, 6.07) is 14.5. The fourth-order valence-electron chi connectivity index (χ4n) is 4.85. The molecular weight excluding hydrogens is 424 g/mol. The molecule has 7 nitrogen and oxygen atoms in total. The largest absolute Gasteiger partial charge is 0.313 e. The average Bonchev–Trinajstić information content (AvgIpc) is 3.47. The van der Waals surface area contributed by atoms with E-state index < -0.39 is 6.17 Å². The molecule has 6 rings (SSSR count). The molecular formula is C24H20N4O3S. The van der Waals surface area contributed by atoms with E-state index in [1.165, 1.54) is 16.2 Å². The van der Waals surface area contributed by atoms with Gasteiger partial charge >= 0.3 is 0 Å². The van der Waals surface area contributed by atoms with Gasteiger partial charge in [0.15, 0.2) is 5.13 Å². The van der Waals surface area contributed by atoms with E-state index in [-0.39, 0.29) is 30.7 Å². The van der Waals surface area contributed by atoms with E-state index in [1.807, 2.05) is 24.3 Å². The number of aryl methyl sites for hydroxylation is 2. The van der Waals surface area contributed by atoms with Crippen LogP contribution in [0.15, 0.2) is 48.5 Å². The van der Waals surface area contributed by atoms with Crippen molar-refractivity contribution in [2.45, 2.75) is 31.8 Å². The minimum absolute atomic E-state index is 0.124. The lowest BCUT2D eigenvalue weighted by Gasteiger charge is -2.40. The summed E-state index contributed by atoms with van der Waals surface area (Å²) in [6.45, 7) is 0.201. The molecule has 160 valence electrons. The van der Waals surface area contributed by atoms with E-state index in [0.29, 0.717) is 21.9 Å². The Kier molecular flexibility index (Phi) is 4.36. The molecule has 0 unspecified atom stereocenters. The standard InChI is InChI=1S/C24H20N4O3S/c29-20(26-24-25-17-9-5-11-19(17)32-24)12-13-27-21-14-6-1-2-7-15(14)23(31)28(21)18-10-4-3-8-16(18)22(27)30/h1-4,6-8,10,21H,5,9,11-13H2,(H,25,26,29)/t21-/m0/s1. The van der Waals surface area contributed by atoms with Crippen LogP contribution in [-0.4, -0.2) is 34.2 Å². The number of anilines is 2. The highest BCUT2D eigenvalue weighted by atomic mass is 32.1. The Morgan fingerprint density at radius 2 is 1.81 bits per heavy atom. The van der Waals surface area contributed by atoms with Crippen LogP contribution in [0.5, 0.6) is 0 Å². The maximum absolute atomic E-state index is 13.4. The second-order valence-electron chi connectivity index (χ2n) is 8.19. The Labute approximate surface area is 188 Å². The molecule has 0 saturated carbocycles. The number of nitrogens with one attached hydrogen (secondary N) is 1. The van der Waals surface area contributed by atoms with Crippen molar-refractivity contribution in [1.82, 2.24) is 9.88 Å². The first kappa shape index (κ1) is 19.2. The zero-order chi connectivity index (χ0) is 21.8. The predicted octanol–water partition coefficient (Wildman–Crippen LogP) is 3.78. The van der Waals surface area contributed by atoms with Gasteiger partial charge in [-0.15, -0.1) is 11.3 Å². The smallest absolute Gasteiger partial charge is 0.260 e. The summed E-state index contributed by atoms with van der Waals surface area (Å²) in [7, 11) is 0. The van der Waals surface area contributed by atoms with Crippen molar-refractivity contribution in [2.75, 3.05) is 16.8 Å². The first-order valence-electron chi connectivity index (χ1n) is 10.7. The average molecular weight is 445 g/mol. The van der Waals surface area contributed by atoms with Gasteiger partial charge in [-0.2, -0.15) is 0 Å². The van der Waals surface area contributed by atoms with Gasteiger partial charge in [0.1, 0.15) is 6.17 Å². The number of amides is 3. The van der Waals surface area contributed by atoms with Gasteiger partial charge in [0.25, 0.3) is 11.8 Å². The lowest BCUT2D eigenvalue weighted by atomic mass is 10.0. The second-order valence-corrected chi connectivity index (χ2v) is 9.28. The van der Waals surface area contributed by atoms with Gasteiger partial charge in [0, 0.05) is 29.0 Å². The quantitative estimate of drug-likeness (QED) is 0.664. The molecule has 0 spiro atoms. The molecule has 0 radical (unpaired) electrons. The molecule has 0 bridgehead atoms. The van der Waals surface area contributed by atoms with Crippen LogP contribution in [0.3, 0.4) is 0 Å². The monoisotopic (exact) mass is 444 g/mol. The van der Waals surface area contributed by atoms with E-state index in [0.717, 1.165) is 30.5 Å². The summed E-state index contributed by atoms with van der Waals surface area (Å²) >= 11 is 1.53. The summed E-state index contributed by atoms with van der Waals surface area (Å²) in [5, 5.41) is 3.51. The topological polar surface area (TPSA) is 82.6 Å². The van der Waals surface area contributed by atoms with E-state index >= 15 is 0 Å². The van der Waals surface area contributed by atoms with Crippen LogP contribution >= 0.6 is 11.3 Å². The van der Waals surface area contributed by atoms with Crippen molar-refractivity contribution in [3.63, 3.8) is 0 Å². The molecule has 3 amide bonds. The van der Waals surface area contributed by atoms with Gasteiger partial charge in [-0.1, -0.05) is 30.3 Å². The molecule has 32 heavy (non-hydrogen) atoms. The summed E-state index contributed by atoms with van der Waals surface area (Å²) in [6.07, 6.45) is 2.69. The van der Waals surface area contributed by atoms with E-state index in [1.54, 1.807) is 34.1 Å². The molecule has 8 heteroatoms. The molecule has 1 N–H and O–H groups in total. The Morgan fingerprint density at radius 3 is 2.66 bits per heavy atom. The van der Waals surface area contributed by atoms with Crippen LogP contribution < -0.4 is 10.2 Å². The van der Waals surface area contributed by atoms with Crippen molar-refractivity contribution in [3.8, 4) is 0 Å². The number of carbonyl (C=O) groups excluding carboxylic acids is 3. The summed E-state index contributed by atoms with van der Waals surface area (Å²) in [4.78, 5) is 48.3. The first-order chi connectivity index (χ1) is 15.6. The van der Waals surface area contributed by atoms with Gasteiger partial charge in [-0.05, 0) is 37.5 Å². The van der Waals surface area contributed by atoms with Crippen LogP contribution in [0, 0.1) is 0 Å². The van der Waals surface area contributed by atoms with E-state index in [9.17, 15) is 14.4 Å². The van der Waals surface area contributed by atoms with Crippen LogP contribution in [0.4, 0.5) is 10.8 Å². The fourth-order valence-corrected chi connectivity index (χ4v) is 5.91. The van der Waals surface area contributed by atoms with Crippen molar-refractivity contribution >= 4 is 39.9 Å². The Morgan fingerprint density at radius 1 is 1.03 bits per heavy atom. The molecule has 3 heterocycles. The summed E-state index contributed by atoms with van der Waals surface area (Å²) < 4.78 is 0. The van der Waals surface area contributed by atoms with Gasteiger partial charge < -0.3 is 10.2 Å². The molecule has 0 fully saturated rings. The number of carbonyl (C=O) groups is 3. The van der Waals surface area contributed by atoms with Gasteiger partial charge in [0.05, 0.1) is 16.9 Å². The summed E-state index contributed by atoms with van der Waals surface area (Å²) in [5.41, 5.74) is 3.55. The molecule has 3 aromatic rings. The number of aromatic nitrogens is 1. The highest BCUT2D eigenvalue weighted by Gasteiger charge is 2.47. The third kappa shape index (κ3) is 2.86. The van der Waals surface area contributed by atoms with Crippen molar-refractivity contribution in [2.24, 2.45) is 0 Å². The van der Waals surface area contributed by atoms with Crippen LogP contribution in [-0.2, 0) is 17.6 Å².